The van der Waals surface area contributed by atoms with E-state index in [0.717, 1.165) is 0 Å². The molecule has 1 heterocycles. The number of nitrogens with zero attached hydrogens (tertiary/aromatic N) is 1. The fraction of sp³-hybridized carbons (Fsp3) is 0.857. The SMILES string of the molecule is N#C[C@H]1CCOCC[C@@H]1O. The molecule has 3 heteroatoms. The summed E-state index contributed by atoms with van der Waals surface area (Å²) in [5, 5.41) is 17.8. The molecular weight excluding hydrogens is 130 g/mol. The molecule has 2 atom stereocenters. The van der Waals surface area contributed by atoms with Crippen LogP contribution < -0.4 is 0 Å². The Balaban J connectivity index is 2.45. The molecule has 0 unspecified atom stereocenters. The van der Waals surface area contributed by atoms with E-state index in [1.54, 1.807) is 0 Å². The first-order chi connectivity index (χ1) is 4.84. The highest BCUT2D eigenvalue weighted by molar-refractivity contribution is 4.88. The van der Waals surface area contributed by atoms with Crippen molar-refractivity contribution in [2.75, 3.05) is 13.2 Å². The zero-order chi connectivity index (χ0) is 7.40. The van der Waals surface area contributed by atoms with Crippen LogP contribution in [0.1, 0.15) is 12.8 Å². The van der Waals surface area contributed by atoms with E-state index in [4.69, 9.17) is 10.00 Å². The molecule has 1 rings (SSSR count). The highest BCUT2D eigenvalue weighted by Gasteiger charge is 2.20. The van der Waals surface area contributed by atoms with Gasteiger partial charge in [0.2, 0.25) is 0 Å². The molecule has 1 aliphatic heterocycles. The summed E-state index contributed by atoms with van der Waals surface area (Å²) in [5.41, 5.74) is 0. The van der Waals surface area contributed by atoms with Gasteiger partial charge in [-0.05, 0) is 12.8 Å². The molecule has 1 N–H and O–H groups in total. The second kappa shape index (κ2) is 3.55. The minimum atomic E-state index is -0.479. The van der Waals surface area contributed by atoms with Gasteiger partial charge < -0.3 is 9.84 Å². The van der Waals surface area contributed by atoms with Crippen molar-refractivity contribution in [3.05, 3.63) is 0 Å². The maximum Gasteiger partial charge on any atom is 0.0745 e. The van der Waals surface area contributed by atoms with Crippen LogP contribution in [0.4, 0.5) is 0 Å². The van der Waals surface area contributed by atoms with Crippen molar-refractivity contribution in [2.45, 2.75) is 18.9 Å². The van der Waals surface area contributed by atoms with E-state index in [1.807, 2.05) is 0 Å². The van der Waals surface area contributed by atoms with Crippen molar-refractivity contribution in [1.29, 1.82) is 5.26 Å². The first-order valence-corrected chi connectivity index (χ1v) is 3.50. The van der Waals surface area contributed by atoms with Gasteiger partial charge in [0.15, 0.2) is 0 Å². The maximum atomic E-state index is 9.25. The lowest BCUT2D eigenvalue weighted by atomic mass is 10.00. The normalized spacial score (nSPS) is 34.4. The number of aliphatic hydroxyl groups excluding tert-OH is 1. The standard InChI is InChI=1S/C7H11NO2/c8-5-6-1-3-10-4-2-7(6)9/h6-7,9H,1-4H2/t6-,7+/m1/s1. The van der Waals surface area contributed by atoms with Crippen LogP contribution in [0.25, 0.3) is 0 Å². The quantitative estimate of drug-likeness (QED) is 0.527. The largest absolute Gasteiger partial charge is 0.392 e. The fourth-order valence-electron chi connectivity index (χ4n) is 1.06. The first kappa shape index (κ1) is 7.52. The van der Waals surface area contributed by atoms with E-state index in [-0.39, 0.29) is 5.92 Å². The zero-order valence-electron chi connectivity index (χ0n) is 5.79. The molecule has 0 aliphatic carbocycles. The molecule has 0 bridgehead atoms. The molecule has 1 saturated heterocycles. The second-order valence-corrected chi connectivity index (χ2v) is 2.49. The van der Waals surface area contributed by atoms with E-state index < -0.39 is 6.10 Å². The summed E-state index contributed by atoms with van der Waals surface area (Å²) >= 11 is 0. The second-order valence-electron chi connectivity index (χ2n) is 2.49. The molecule has 1 fully saturated rings. The minimum absolute atomic E-state index is 0.220. The van der Waals surface area contributed by atoms with Gasteiger partial charge >= 0.3 is 0 Å². The molecule has 0 aromatic carbocycles. The van der Waals surface area contributed by atoms with Crippen molar-refractivity contribution >= 4 is 0 Å². The van der Waals surface area contributed by atoms with Crippen LogP contribution in [0.2, 0.25) is 0 Å². The Morgan fingerprint density at radius 2 is 2.10 bits per heavy atom. The third-order valence-corrected chi connectivity index (χ3v) is 1.76. The molecule has 0 aromatic heterocycles. The fourth-order valence-corrected chi connectivity index (χ4v) is 1.06. The van der Waals surface area contributed by atoms with Gasteiger partial charge in [0.05, 0.1) is 18.1 Å². The molecule has 56 valence electrons. The van der Waals surface area contributed by atoms with Crippen LogP contribution in [-0.4, -0.2) is 24.4 Å². The smallest absolute Gasteiger partial charge is 0.0745 e. The Bertz CT molecular complexity index is 141. The summed E-state index contributed by atoms with van der Waals surface area (Å²) in [4.78, 5) is 0. The number of hydrogen-bond acceptors (Lipinski definition) is 3. The summed E-state index contributed by atoms with van der Waals surface area (Å²) in [6.07, 6.45) is 0.781. The minimum Gasteiger partial charge on any atom is -0.392 e. The number of aliphatic hydroxyl groups is 1. The molecular formula is C7H11NO2. The lowest BCUT2D eigenvalue weighted by Gasteiger charge is -2.09. The van der Waals surface area contributed by atoms with Gasteiger partial charge in [-0.25, -0.2) is 0 Å². The predicted octanol–water partition coefficient (Wildman–Crippen LogP) is 0.297. The van der Waals surface area contributed by atoms with Gasteiger partial charge in [0.25, 0.3) is 0 Å². The van der Waals surface area contributed by atoms with Gasteiger partial charge in [0.1, 0.15) is 0 Å². The van der Waals surface area contributed by atoms with Crippen LogP contribution in [-0.2, 0) is 4.74 Å². The molecule has 0 aromatic rings. The molecule has 0 spiro atoms. The number of rotatable bonds is 0. The number of hydrogen-bond donors (Lipinski definition) is 1. The lowest BCUT2D eigenvalue weighted by Crippen LogP contribution is -2.17. The average molecular weight is 141 g/mol. The van der Waals surface area contributed by atoms with Gasteiger partial charge in [-0.1, -0.05) is 0 Å². The molecule has 1 aliphatic rings. The number of ether oxygens (including phenoxy) is 1. The summed E-state index contributed by atoms with van der Waals surface area (Å²) < 4.78 is 5.09. The summed E-state index contributed by atoms with van der Waals surface area (Å²) in [6.45, 7) is 1.19. The third kappa shape index (κ3) is 1.69. The Morgan fingerprint density at radius 3 is 2.80 bits per heavy atom. The van der Waals surface area contributed by atoms with Crippen LogP contribution in [0.15, 0.2) is 0 Å². The highest BCUT2D eigenvalue weighted by atomic mass is 16.5. The van der Waals surface area contributed by atoms with E-state index >= 15 is 0 Å². The van der Waals surface area contributed by atoms with Gasteiger partial charge in [-0.15, -0.1) is 0 Å². The maximum absolute atomic E-state index is 9.25. The van der Waals surface area contributed by atoms with Gasteiger partial charge in [-0.2, -0.15) is 5.26 Å². The summed E-state index contributed by atoms with van der Waals surface area (Å²) in [5.74, 6) is -0.220. The van der Waals surface area contributed by atoms with Crippen molar-refractivity contribution in [3.63, 3.8) is 0 Å². The van der Waals surface area contributed by atoms with Crippen molar-refractivity contribution < 1.29 is 9.84 Å². The Kier molecular flexibility index (Phi) is 2.67. The topological polar surface area (TPSA) is 53.2 Å². The Morgan fingerprint density at radius 1 is 1.40 bits per heavy atom. The van der Waals surface area contributed by atoms with E-state index in [0.29, 0.717) is 26.1 Å². The lowest BCUT2D eigenvalue weighted by molar-refractivity contribution is 0.110. The highest BCUT2D eigenvalue weighted by Crippen LogP contribution is 2.14. The third-order valence-electron chi connectivity index (χ3n) is 1.76. The summed E-state index contributed by atoms with van der Waals surface area (Å²) in [6, 6.07) is 2.06. The van der Waals surface area contributed by atoms with Crippen LogP contribution in [0.5, 0.6) is 0 Å². The van der Waals surface area contributed by atoms with Crippen LogP contribution in [0.3, 0.4) is 0 Å². The Hall–Kier alpha value is -0.590. The van der Waals surface area contributed by atoms with Crippen molar-refractivity contribution in [1.82, 2.24) is 0 Å². The first-order valence-electron chi connectivity index (χ1n) is 3.50. The van der Waals surface area contributed by atoms with Gasteiger partial charge in [-0.3, -0.25) is 0 Å². The monoisotopic (exact) mass is 141 g/mol. The molecule has 0 radical (unpaired) electrons. The zero-order valence-corrected chi connectivity index (χ0v) is 5.79. The average Bonchev–Trinajstić information content (AvgIpc) is 2.13. The van der Waals surface area contributed by atoms with Crippen molar-refractivity contribution in [2.24, 2.45) is 5.92 Å². The predicted molar refractivity (Wildman–Crippen MR) is 35.2 cm³/mol. The Labute approximate surface area is 60.2 Å². The van der Waals surface area contributed by atoms with E-state index in [1.165, 1.54) is 0 Å². The molecule has 0 amide bonds. The van der Waals surface area contributed by atoms with Crippen LogP contribution >= 0.6 is 0 Å². The van der Waals surface area contributed by atoms with E-state index in [9.17, 15) is 5.11 Å². The van der Waals surface area contributed by atoms with Crippen molar-refractivity contribution in [3.8, 4) is 6.07 Å². The van der Waals surface area contributed by atoms with Gasteiger partial charge in [0, 0.05) is 13.2 Å². The molecule has 10 heavy (non-hydrogen) atoms. The number of nitriles is 1. The van der Waals surface area contributed by atoms with Crippen LogP contribution in [0, 0.1) is 17.2 Å². The van der Waals surface area contributed by atoms with E-state index in [2.05, 4.69) is 6.07 Å². The molecule has 0 saturated carbocycles. The summed E-state index contributed by atoms with van der Waals surface area (Å²) in [7, 11) is 0. The molecule has 3 nitrogen and oxygen atoms in total.